The van der Waals surface area contributed by atoms with E-state index in [9.17, 15) is 0 Å². The first-order chi connectivity index (χ1) is 27.5. The van der Waals surface area contributed by atoms with Gasteiger partial charge in [-0.3, -0.25) is 0 Å². The standard InChI is InChI=1S/C53H35N3/c1-53(2)48-20-7-6-18-44(48)45-26-25-40(32-49(45)53)39-22-21-34-13-10-19-46(47(34)31-39)52-55-50(41-16-8-14-35(27-41)33-11-4-3-5-12-33)54-51(56-52)42-17-9-15-36(28-42)37-23-24-38-30-43(38)29-37/h4,6-10,13-29,31-32,38,43H,30H2,1-2H3. The fourth-order valence-electron chi connectivity index (χ4n) is 8.73. The van der Waals surface area contributed by atoms with Gasteiger partial charge in [0.15, 0.2) is 17.5 Å². The molecule has 2 unspecified atom stereocenters. The summed E-state index contributed by atoms with van der Waals surface area (Å²) in [6.07, 6.45) is 8.29. The third-order valence-corrected chi connectivity index (χ3v) is 11.9. The Balaban J connectivity index is 1.06. The van der Waals surface area contributed by atoms with Gasteiger partial charge in [-0.2, -0.15) is 0 Å². The average molecular weight is 714 g/mol. The zero-order valence-electron chi connectivity index (χ0n) is 31.1. The molecule has 1 saturated carbocycles. The van der Waals surface area contributed by atoms with Crippen LogP contribution < -0.4 is 0 Å². The van der Waals surface area contributed by atoms with Crippen LogP contribution >= 0.6 is 0 Å². The fraction of sp³-hybridized carbons (Fsp3) is 0.113. The van der Waals surface area contributed by atoms with Crippen LogP contribution in [0.5, 0.6) is 0 Å². The Morgan fingerprint density at radius 2 is 1.27 bits per heavy atom. The zero-order valence-corrected chi connectivity index (χ0v) is 31.1. The number of hydrogen-bond acceptors (Lipinski definition) is 3. The maximum absolute atomic E-state index is 5.25. The second-order valence-corrected chi connectivity index (χ2v) is 15.7. The quantitative estimate of drug-likeness (QED) is 0.172. The largest absolute Gasteiger partial charge is 0.208 e. The molecule has 3 aliphatic carbocycles. The lowest BCUT2D eigenvalue weighted by Crippen LogP contribution is -2.14. The third kappa shape index (κ3) is 5.49. The predicted molar refractivity (Wildman–Crippen MR) is 226 cm³/mol. The summed E-state index contributed by atoms with van der Waals surface area (Å²) >= 11 is 0. The first-order valence-electron chi connectivity index (χ1n) is 19.3. The lowest BCUT2D eigenvalue weighted by atomic mass is 9.81. The van der Waals surface area contributed by atoms with Gasteiger partial charge < -0.3 is 0 Å². The number of aromatic nitrogens is 3. The van der Waals surface area contributed by atoms with E-state index in [0.29, 0.717) is 29.3 Å². The SMILES string of the molecule is CC1(C)c2ccccc2-c2ccc(-c3ccc4cccc(-c5nc(-c6cccc(C7=CC8CC8C=C7)c6)nc(-c6cccc(-c7[c]c#cc[c]7)c6)n5)c4c3)cc21. The number of allylic oxidation sites excluding steroid dienone is 4. The van der Waals surface area contributed by atoms with Gasteiger partial charge in [-0.1, -0.05) is 147 Å². The van der Waals surface area contributed by atoms with Gasteiger partial charge in [-0.05, 0) is 109 Å². The predicted octanol–water partition coefficient (Wildman–Crippen LogP) is 12.5. The molecule has 8 aromatic rings. The van der Waals surface area contributed by atoms with Gasteiger partial charge in [0.05, 0.1) is 0 Å². The highest BCUT2D eigenvalue weighted by atomic mass is 15.0. The molecule has 0 N–H and O–H groups in total. The van der Waals surface area contributed by atoms with Crippen LogP contribution in [0.4, 0.5) is 0 Å². The van der Waals surface area contributed by atoms with Gasteiger partial charge >= 0.3 is 0 Å². The summed E-state index contributed by atoms with van der Waals surface area (Å²) in [5, 5.41) is 2.22. The van der Waals surface area contributed by atoms with Gasteiger partial charge in [0.2, 0.25) is 0 Å². The fourth-order valence-corrected chi connectivity index (χ4v) is 8.73. The second kappa shape index (κ2) is 12.6. The number of benzene rings is 6. The monoisotopic (exact) mass is 713 g/mol. The summed E-state index contributed by atoms with van der Waals surface area (Å²) in [5.41, 5.74) is 14.7. The first kappa shape index (κ1) is 32.5. The van der Waals surface area contributed by atoms with Gasteiger partial charge in [0.25, 0.3) is 0 Å². The molecule has 11 rings (SSSR count). The summed E-state index contributed by atoms with van der Waals surface area (Å²) in [6, 6.07) is 59.7. The number of fused-ring (bicyclic) bond motifs is 5. The molecule has 56 heavy (non-hydrogen) atoms. The summed E-state index contributed by atoms with van der Waals surface area (Å²) in [6.45, 7) is 4.67. The summed E-state index contributed by atoms with van der Waals surface area (Å²) in [7, 11) is 0. The molecule has 0 aliphatic heterocycles. The lowest BCUT2D eigenvalue weighted by Gasteiger charge is -2.22. The van der Waals surface area contributed by atoms with E-state index >= 15 is 0 Å². The van der Waals surface area contributed by atoms with E-state index in [-0.39, 0.29) is 5.41 Å². The van der Waals surface area contributed by atoms with Gasteiger partial charge in [0, 0.05) is 39.8 Å². The van der Waals surface area contributed by atoms with Crippen LogP contribution in [-0.2, 0) is 5.41 Å². The molecule has 1 aromatic heterocycles. The van der Waals surface area contributed by atoms with Crippen molar-refractivity contribution in [3.63, 3.8) is 0 Å². The third-order valence-electron chi connectivity index (χ3n) is 11.9. The van der Waals surface area contributed by atoms with E-state index in [1.807, 2.05) is 12.1 Å². The molecule has 1 fully saturated rings. The van der Waals surface area contributed by atoms with Crippen molar-refractivity contribution in [2.24, 2.45) is 11.8 Å². The molecule has 3 heteroatoms. The molecule has 7 aromatic carbocycles. The van der Waals surface area contributed by atoms with Gasteiger partial charge in [-0.15, -0.1) is 0 Å². The van der Waals surface area contributed by atoms with Crippen molar-refractivity contribution < 1.29 is 0 Å². The minimum Gasteiger partial charge on any atom is -0.208 e. The Hall–Kier alpha value is -6.89. The maximum Gasteiger partial charge on any atom is 0.164 e. The molecule has 0 saturated heterocycles. The smallest absolute Gasteiger partial charge is 0.164 e. The summed E-state index contributed by atoms with van der Waals surface area (Å²) in [4.78, 5) is 15.6. The van der Waals surface area contributed by atoms with Crippen molar-refractivity contribution in [2.45, 2.75) is 25.7 Å². The molecule has 0 spiro atoms. The second-order valence-electron chi connectivity index (χ2n) is 15.7. The number of rotatable bonds is 6. The van der Waals surface area contributed by atoms with Crippen LogP contribution in [0.15, 0.2) is 152 Å². The molecule has 262 valence electrons. The van der Waals surface area contributed by atoms with Gasteiger partial charge in [-0.25, -0.2) is 15.0 Å². The number of nitrogens with zero attached hydrogens (tertiary/aromatic N) is 3. The Labute approximate surface area is 327 Å². The molecule has 1 heterocycles. The van der Waals surface area contributed by atoms with Crippen molar-refractivity contribution in [3.8, 4) is 67.5 Å². The van der Waals surface area contributed by atoms with Gasteiger partial charge in [0.1, 0.15) is 0 Å². The van der Waals surface area contributed by atoms with E-state index in [2.05, 4.69) is 172 Å². The van der Waals surface area contributed by atoms with Crippen LogP contribution in [0.25, 0.3) is 83.9 Å². The average Bonchev–Trinajstić information content (AvgIpc) is 4.01. The topological polar surface area (TPSA) is 38.7 Å². The van der Waals surface area contributed by atoms with Crippen LogP contribution in [0, 0.1) is 36.1 Å². The van der Waals surface area contributed by atoms with Crippen LogP contribution in [0.3, 0.4) is 0 Å². The normalized spacial score (nSPS) is 17.1. The Morgan fingerprint density at radius 3 is 2.09 bits per heavy atom. The van der Waals surface area contributed by atoms with Crippen LogP contribution in [0.2, 0.25) is 0 Å². The molecule has 3 nitrogen and oxygen atoms in total. The Bertz CT molecular complexity index is 2930. The zero-order chi connectivity index (χ0) is 37.4. The first-order valence-corrected chi connectivity index (χ1v) is 19.3. The minimum absolute atomic E-state index is 0.0758. The Kier molecular flexibility index (Phi) is 7.31. The maximum atomic E-state index is 5.25. The summed E-state index contributed by atoms with van der Waals surface area (Å²) < 4.78 is 0. The van der Waals surface area contributed by atoms with Crippen LogP contribution in [0.1, 0.15) is 37.0 Å². The van der Waals surface area contributed by atoms with Crippen molar-refractivity contribution >= 4 is 16.3 Å². The number of hydrogen-bond donors (Lipinski definition) is 0. The van der Waals surface area contributed by atoms with Crippen molar-refractivity contribution in [3.05, 3.63) is 193 Å². The molecule has 0 bridgehead atoms. The van der Waals surface area contributed by atoms with E-state index in [1.54, 1.807) is 6.07 Å². The van der Waals surface area contributed by atoms with Crippen LogP contribution in [-0.4, -0.2) is 15.0 Å². The Morgan fingerprint density at radius 1 is 0.571 bits per heavy atom. The highest BCUT2D eigenvalue weighted by Gasteiger charge is 2.36. The molecule has 2 radical (unpaired) electrons. The molecular formula is C53H35N3. The molecule has 3 aliphatic rings. The van der Waals surface area contributed by atoms with E-state index in [0.717, 1.165) is 44.2 Å². The van der Waals surface area contributed by atoms with Crippen molar-refractivity contribution in [1.82, 2.24) is 15.0 Å². The van der Waals surface area contributed by atoms with E-state index in [4.69, 9.17) is 15.0 Å². The van der Waals surface area contributed by atoms with Crippen molar-refractivity contribution in [1.29, 1.82) is 0 Å². The summed E-state index contributed by atoms with van der Waals surface area (Å²) in [5.74, 6) is 3.24. The van der Waals surface area contributed by atoms with E-state index < -0.39 is 0 Å². The van der Waals surface area contributed by atoms with Crippen molar-refractivity contribution in [2.75, 3.05) is 0 Å². The minimum atomic E-state index is -0.0758. The molecule has 2 atom stereocenters. The highest BCUT2D eigenvalue weighted by molar-refractivity contribution is 5.98. The molecular weight excluding hydrogens is 679 g/mol. The highest BCUT2D eigenvalue weighted by Crippen LogP contribution is 2.50. The lowest BCUT2D eigenvalue weighted by molar-refractivity contribution is 0.660. The molecule has 0 amide bonds. The van der Waals surface area contributed by atoms with E-state index in [1.165, 1.54) is 45.4 Å².